The Morgan fingerprint density at radius 2 is 1.54 bits per heavy atom. The molecule has 0 spiro atoms. The first-order chi connectivity index (χ1) is 12.1. The molecule has 1 unspecified atom stereocenters. The smallest absolute Gasteiger partial charge is 0.216 e. The second kappa shape index (κ2) is 8.64. The molecule has 0 aromatic carbocycles. The van der Waals surface area contributed by atoms with Crippen molar-refractivity contribution >= 4 is 7.44 Å². The molecule has 2 fully saturated rings. The Morgan fingerprint density at radius 3 is 2.08 bits per heavy atom. The van der Waals surface area contributed by atoms with E-state index in [4.69, 9.17) is 0 Å². The highest BCUT2D eigenvalue weighted by molar-refractivity contribution is 7.59. The lowest BCUT2D eigenvalue weighted by Crippen LogP contribution is -2.63. The Bertz CT molecular complexity index is 487. The van der Waals surface area contributed by atoms with Crippen LogP contribution in [0.2, 0.25) is 0 Å². The lowest BCUT2D eigenvalue weighted by molar-refractivity contribution is -0.0353. The Labute approximate surface area is 163 Å². The van der Waals surface area contributed by atoms with E-state index in [0.29, 0.717) is 6.04 Å². The summed E-state index contributed by atoms with van der Waals surface area (Å²) in [6.45, 7) is 16.9. The number of hydrogen-bond acceptors (Lipinski definition) is 2. The topological polar surface area (TPSA) is 26.8 Å². The van der Waals surface area contributed by atoms with Crippen LogP contribution in [0.25, 0.3) is 0 Å². The number of rotatable bonds is 7. The normalized spacial score (nSPS) is 31.3. The summed E-state index contributed by atoms with van der Waals surface area (Å²) in [5.74, 6) is 0. The summed E-state index contributed by atoms with van der Waals surface area (Å²) in [6.07, 6.45) is 8.81. The summed E-state index contributed by atoms with van der Waals surface area (Å²) in [6, 6.07) is 0.434. The van der Waals surface area contributed by atoms with Crippen LogP contribution in [0.5, 0.6) is 0 Å². The van der Waals surface area contributed by atoms with Gasteiger partial charge in [0.05, 0.1) is 0 Å². The van der Waals surface area contributed by atoms with Gasteiger partial charge in [0, 0.05) is 42.9 Å². The number of likely N-dealkylation sites (tertiary alicyclic amines) is 1. The van der Waals surface area contributed by atoms with E-state index in [0.717, 1.165) is 64.3 Å². The molecule has 5 heteroatoms. The van der Waals surface area contributed by atoms with Gasteiger partial charge in [0.1, 0.15) is 0 Å². The van der Waals surface area contributed by atoms with Crippen molar-refractivity contribution in [3.8, 4) is 0 Å². The van der Waals surface area contributed by atoms with Crippen molar-refractivity contribution in [3.05, 3.63) is 0 Å². The monoisotopic (exact) mass is 385 g/mol. The molecule has 2 heterocycles. The zero-order valence-corrected chi connectivity index (χ0v) is 19.4. The Hall–Kier alpha value is 0.110. The summed E-state index contributed by atoms with van der Waals surface area (Å²) >= 11 is 0. The zero-order chi connectivity index (χ0) is 19.6. The molecule has 2 saturated heterocycles. The number of nitrogens with zero attached hydrogens (tertiary/aromatic N) is 3. The van der Waals surface area contributed by atoms with Crippen LogP contribution in [-0.4, -0.2) is 64.2 Å². The van der Waals surface area contributed by atoms with Crippen molar-refractivity contribution in [2.45, 2.75) is 104 Å². The van der Waals surface area contributed by atoms with Crippen molar-refractivity contribution in [2.75, 3.05) is 32.8 Å². The molecule has 0 bridgehead atoms. The molecule has 0 aliphatic carbocycles. The van der Waals surface area contributed by atoms with Gasteiger partial charge >= 0.3 is 0 Å². The summed E-state index contributed by atoms with van der Waals surface area (Å²) in [5.41, 5.74) is 0.293. The minimum atomic E-state index is -2.43. The van der Waals surface area contributed by atoms with Crippen LogP contribution < -0.4 is 0 Å². The predicted octanol–water partition coefficient (Wildman–Crippen LogP) is 5.44. The maximum absolute atomic E-state index is 14.4. The van der Waals surface area contributed by atoms with Crippen molar-refractivity contribution in [3.63, 3.8) is 0 Å². The standard InChI is InChI=1S/C21H44N3OP/c1-8-10-13-23-14-12-15-24(26(23,25)16-11-9-2)19-17-20(3,4)22(7)21(5,6)18-19/h19H,8-18H2,1-7H3. The minimum absolute atomic E-state index is 0.147. The van der Waals surface area contributed by atoms with Crippen molar-refractivity contribution in [2.24, 2.45) is 0 Å². The Morgan fingerprint density at radius 1 is 0.962 bits per heavy atom. The van der Waals surface area contributed by atoms with Crippen LogP contribution in [0.15, 0.2) is 0 Å². The predicted molar refractivity (Wildman–Crippen MR) is 114 cm³/mol. The van der Waals surface area contributed by atoms with E-state index < -0.39 is 7.44 Å². The highest BCUT2D eigenvalue weighted by Crippen LogP contribution is 2.59. The summed E-state index contributed by atoms with van der Waals surface area (Å²) < 4.78 is 19.3. The fourth-order valence-corrected chi connectivity index (χ4v) is 8.73. The van der Waals surface area contributed by atoms with Crippen LogP contribution in [0.4, 0.5) is 0 Å². The average molecular weight is 386 g/mol. The lowest BCUT2D eigenvalue weighted by Gasteiger charge is -2.58. The lowest BCUT2D eigenvalue weighted by atomic mass is 9.77. The van der Waals surface area contributed by atoms with Crippen LogP contribution >= 0.6 is 7.44 Å². The summed E-state index contributed by atoms with van der Waals surface area (Å²) in [5, 5.41) is 0. The van der Waals surface area contributed by atoms with E-state index in [1.165, 1.54) is 6.42 Å². The molecule has 0 aromatic rings. The molecule has 0 amide bonds. The van der Waals surface area contributed by atoms with E-state index >= 15 is 0 Å². The molecule has 0 radical (unpaired) electrons. The van der Waals surface area contributed by atoms with E-state index in [1.807, 2.05) is 0 Å². The number of unbranched alkanes of at least 4 members (excludes halogenated alkanes) is 2. The maximum atomic E-state index is 14.4. The van der Waals surface area contributed by atoms with Gasteiger partial charge in [-0.1, -0.05) is 26.7 Å². The number of hydrogen-bond donors (Lipinski definition) is 0. The fourth-order valence-electron chi connectivity index (χ4n) is 5.10. The molecule has 0 aromatic heterocycles. The van der Waals surface area contributed by atoms with Gasteiger partial charge in [-0.25, -0.2) is 9.34 Å². The highest BCUT2D eigenvalue weighted by atomic mass is 31.2. The van der Waals surface area contributed by atoms with Gasteiger partial charge in [0.15, 0.2) is 0 Å². The van der Waals surface area contributed by atoms with Crippen molar-refractivity contribution in [1.29, 1.82) is 0 Å². The van der Waals surface area contributed by atoms with Crippen LogP contribution in [0.1, 0.15) is 86.5 Å². The molecular formula is C21H44N3OP. The van der Waals surface area contributed by atoms with Gasteiger partial charge in [-0.3, -0.25) is 9.46 Å². The Kier molecular flexibility index (Phi) is 7.44. The van der Waals surface area contributed by atoms with Crippen LogP contribution in [0.3, 0.4) is 0 Å². The molecule has 0 saturated carbocycles. The zero-order valence-electron chi connectivity index (χ0n) is 18.6. The highest BCUT2D eigenvalue weighted by Gasteiger charge is 2.50. The molecule has 1 atom stereocenters. The largest absolute Gasteiger partial charge is 0.296 e. The SMILES string of the molecule is CCCCN1CCCN(C2CC(C)(C)N(C)C(C)(C)C2)P1(=O)CCCC. The van der Waals surface area contributed by atoms with E-state index in [1.54, 1.807) is 0 Å². The molecule has 4 nitrogen and oxygen atoms in total. The number of piperidine rings is 1. The van der Waals surface area contributed by atoms with Gasteiger partial charge in [-0.15, -0.1) is 0 Å². The van der Waals surface area contributed by atoms with Gasteiger partial charge in [-0.05, 0) is 66.8 Å². The van der Waals surface area contributed by atoms with Gasteiger partial charge in [-0.2, -0.15) is 0 Å². The maximum Gasteiger partial charge on any atom is 0.216 e. The second-order valence-electron chi connectivity index (χ2n) is 9.81. The van der Waals surface area contributed by atoms with E-state index in [-0.39, 0.29) is 11.1 Å². The van der Waals surface area contributed by atoms with Crippen molar-refractivity contribution < 1.29 is 4.57 Å². The summed E-state index contributed by atoms with van der Waals surface area (Å²) in [7, 11) is -0.172. The molecule has 26 heavy (non-hydrogen) atoms. The van der Waals surface area contributed by atoms with Gasteiger partial charge < -0.3 is 0 Å². The quantitative estimate of drug-likeness (QED) is 0.545. The van der Waals surface area contributed by atoms with E-state index in [2.05, 4.69) is 62.8 Å². The second-order valence-corrected chi connectivity index (χ2v) is 12.7. The Balaban J connectivity index is 2.30. The summed E-state index contributed by atoms with van der Waals surface area (Å²) in [4.78, 5) is 2.53. The van der Waals surface area contributed by atoms with Crippen LogP contribution in [-0.2, 0) is 4.57 Å². The molecule has 0 N–H and O–H groups in total. The first kappa shape index (κ1) is 22.4. The first-order valence-electron chi connectivity index (χ1n) is 10.9. The van der Waals surface area contributed by atoms with Gasteiger partial charge in [0.25, 0.3) is 0 Å². The van der Waals surface area contributed by atoms with E-state index in [9.17, 15) is 4.57 Å². The minimum Gasteiger partial charge on any atom is -0.296 e. The average Bonchev–Trinajstić information content (AvgIpc) is 2.56. The molecular weight excluding hydrogens is 341 g/mol. The molecule has 2 aliphatic rings. The third-order valence-corrected chi connectivity index (χ3v) is 10.4. The fraction of sp³-hybridized carbons (Fsp3) is 1.00. The molecule has 154 valence electrons. The molecule has 2 aliphatic heterocycles. The molecule has 2 rings (SSSR count). The van der Waals surface area contributed by atoms with Crippen molar-refractivity contribution in [1.82, 2.24) is 14.2 Å². The van der Waals surface area contributed by atoms with Gasteiger partial charge in [0.2, 0.25) is 7.44 Å². The first-order valence-corrected chi connectivity index (χ1v) is 12.7. The van der Waals surface area contributed by atoms with Crippen LogP contribution in [0, 0.1) is 0 Å². The third-order valence-electron chi connectivity index (χ3n) is 6.93. The third kappa shape index (κ3) is 4.57.